The molecule has 0 N–H and O–H groups in total. The fraction of sp³-hybridized carbons (Fsp3) is 0. The summed E-state index contributed by atoms with van der Waals surface area (Å²) in [5.74, 6) is 0. The molecule has 0 bridgehead atoms. The van der Waals surface area contributed by atoms with Crippen LogP contribution in [0.15, 0.2) is 83.7 Å². The summed E-state index contributed by atoms with van der Waals surface area (Å²) in [4.78, 5) is 2.23. The van der Waals surface area contributed by atoms with Crippen molar-refractivity contribution < 1.29 is 0 Å². The molecule has 0 fully saturated rings. The Labute approximate surface area is 95.7 Å². The van der Waals surface area contributed by atoms with Crippen molar-refractivity contribution in [2.45, 2.75) is 4.90 Å². The maximum Gasteiger partial charge on any atom is 0.0122 e. The van der Waals surface area contributed by atoms with Crippen LogP contribution in [0.3, 0.4) is 0 Å². The number of hydrogen-bond acceptors (Lipinski definition) is 1. The Morgan fingerprint density at radius 2 is 1.80 bits per heavy atom. The summed E-state index contributed by atoms with van der Waals surface area (Å²) in [5.41, 5.74) is 0. The molecule has 0 aromatic heterocycles. The first-order valence-electron chi connectivity index (χ1n) is 4.70. The van der Waals surface area contributed by atoms with Crippen molar-refractivity contribution in [3.8, 4) is 0 Å². The van der Waals surface area contributed by atoms with E-state index < -0.39 is 0 Å². The predicted octanol–water partition coefficient (Wildman–Crippen LogP) is 4.59. The van der Waals surface area contributed by atoms with Crippen molar-refractivity contribution in [1.82, 2.24) is 0 Å². The molecular formula is C14H14S. The Morgan fingerprint density at radius 3 is 2.47 bits per heavy atom. The average molecular weight is 214 g/mol. The summed E-state index contributed by atoms with van der Waals surface area (Å²) in [7, 11) is 0. The lowest BCUT2D eigenvalue weighted by molar-refractivity contribution is 1.47. The van der Waals surface area contributed by atoms with Gasteiger partial charge in [-0.2, -0.15) is 0 Å². The topological polar surface area (TPSA) is 0 Å². The standard InChI is InChI=1S/C14H14S/c1-3-4-5-7-10-13(2)15-14-11-8-6-9-12-14/h3-12H,1-2H2/b5-4+,10-7+. The summed E-state index contributed by atoms with van der Waals surface area (Å²) >= 11 is 1.66. The molecular weight excluding hydrogens is 200 g/mol. The van der Waals surface area contributed by atoms with Gasteiger partial charge in [-0.05, 0) is 18.2 Å². The Balaban J connectivity index is 2.46. The van der Waals surface area contributed by atoms with Gasteiger partial charge in [0, 0.05) is 9.80 Å². The van der Waals surface area contributed by atoms with Crippen LogP contribution in [0.4, 0.5) is 0 Å². The van der Waals surface area contributed by atoms with Crippen molar-refractivity contribution in [3.05, 3.63) is 78.8 Å². The van der Waals surface area contributed by atoms with Gasteiger partial charge in [0.1, 0.15) is 0 Å². The van der Waals surface area contributed by atoms with Gasteiger partial charge in [0.15, 0.2) is 0 Å². The van der Waals surface area contributed by atoms with Gasteiger partial charge >= 0.3 is 0 Å². The molecule has 15 heavy (non-hydrogen) atoms. The zero-order chi connectivity index (χ0) is 10.9. The molecule has 0 amide bonds. The minimum Gasteiger partial charge on any atom is -0.0991 e. The normalized spacial score (nSPS) is 10.9. The van der Waals surface area contributed by atoms with Gasteiger partial charge in [-0.25, -0.2) is 0 Å². The van der Waals surface area contributed by atoms with E-state index in [0.717, 1.165) is 4.91 Å². The largest absolute Gasteiger partial charge is 0.0991 e. The molecule has 0 aliphatic heterocycles. The van der Waals surface area contributed by atoms with Crippen LogP contribution in [0.5, 0.6) is 0 Å². The third-order valence-electron chi connectivity index (χ3n) is 1.63. The second kappa shape index (κ2) is 6.91. The average Bonchev–Trinajstić information content (AvgIpc) is 2.26. The second-order valence-corrected chi connectivity index (χ2v) is 4.06. The molecule has 1 rings (SSSR count). The van der Waals surface area contributed by atoms with Crippen LogP contribution in [0.25, 0.3) is 0 Å². The van der Waals surface area contributed by atoms with Gasteiger partial charge in [-0.3, -0.25) is 0 Å². The first-order chi connectivity index (χ1) is 7.33. The first-order valence-corrected chi connectivity index (χ1v) is 5.52. The van der Waals surface area contributed by atoms with E-state index in [1.165, 1.54) is 4.90 Å². The van der Waals surface area contributed by atoms with Crippen LogP contribution < -0.4 is 0 Å². The molecule has 1 aromatic rings. The van der Waals surface area contributed by atoms with Crippen molar-refractivity contribution in [3.63, 3.8) is 0 Å². The summed E-state index contributed by atoms with van der Waals surface area (Å²) in [6.07, 6.45) is 9.51. The number of benzene rings is 1. The lowest BCUT2D eigenvalue weighted by Crippen LogP contribution is -1.69. The summed E-state index contributed by atoms with van der Waals surface area (Å²) in [6, 6.07) is 10.2. The van der Waals surface area contributed by atoms with Crippen LogP contribution in [0.1, 0.15) is 0 Å². The molecule has 0 aliphatic carbocycles. The minimum atomic E-state index is 1.02. The molecule has 1 aromatic carbocycles. The molecule has 0 radical (unpaired) electrons. The maximum absolute atomic E-state index is 3.96. The number of hydrogen-bond donors (Lipinski definition) is 0. The smallest absolute Gasteiger partial charge is 0.0122 e. The van der Waals surface area contributed by atoms with Crippen LogP contribution in [-0.2, 0) is 0 Å². The van der Waals surface area contributed by atoms with E-state index in [1.807, 2.05) is 42.5 Å². The van der Waals surface area contributed by atoms with Gasteiger partial charge in [0.2, 0.25) is 0 Å². The van der Waals surface area contributed by atoms with Gasteiger partial charge in [-0.1, -0.05) is 67.4 Å². The molecule has 0 nitrogen and oxygen atoms in total. The van der Waals surface area contributed by atoms with Crippen molar-refractivity contribution in [2.75, 3.05) is 0 Å². The van der Waals surface area contributed by atoms with E-state index in [2.05, 4.69) is 25.3 Å². The Hall–Kier alpha value is -1.47. The Bertz CT molecular complexity index is 372. The zero-order valence-corrected chi connectivity index (χ0v) is 9.41. The highest BCUT2D eigenvalue weighted by Gasteiger charge is 1.92. The van der Waals surface area contributed by atoms with Crippen LogP contribution in [0, 0.1) is 0 Å². The lowest BCUT2D eigenvalue weighted by Gasteiger charge is -1.98. The van der Waals surface area contributed by atoms with E-state index in [4.69, 9.17) is 0 Å². The highest BCUT2D eigenvalue weighted by Crippen LogP contribution is 2.25. The fourth-order valence-electron chi connectivity index (χ4n) is 0.980. The molecule has 0 unspecified atom stereocenters. The van der Waals surface area contributed by atoms with E-state index >= 15 is 0 Å². The Kier molecular flexibility index (Phi) is 5.34. The third-order valence-corrected chi connectivity index (χ3v) is 2.54. The molecule has 76 valence electrons. The molecule has 1 heteroatoms. The SMILES string of the molecule is C=C/C=C/C=C/C(=C)Sc1ccccc1. The summed E-state index contributed by atoms with van der Waals surface area (Å²) < 4.78 is 0. The molecule has 0 saturated heterocycles. The van der Waals surface area contributed by atoms with Crippen LogP contribution in [0.2, 0.25) is 0 Å². The van der Waals surface area contributed by atoms with E-state index in [0.29, 0.717) is 0 Å². The highest BCUT2D eigenvalue weighted by molar-refractivity contribution is 8.03. The molecule has 0 saturated carbocycles. The molecule has 0 spiro atoms. The summed E-state index contributed by atoms with van der Waals surface area (Å²) in [5, 5.41) is 0. The lowest BCUT2D eigenvalue weighted by atomic mass is 10.4. The monoisotopic (exact) mass is 214 g/mol. The zero-order valence-electron chi connectivity index (χ0n) is 8.60. The van der Waals surface area contributed by atoms with Gasteiger partial charge in [0.05, 0.1) is 0 Å². The van der Waals surface area contributed by atoms with Crippen LogP contribution >= 0.6 is 11.8 Å². The van der Waals surface area contributed by atoms with E-state index in [9.17, 15) is 0 Å². The van der Waals surface area contributed by atoms with Gasteiger partial charge < -0.3 is 0 Å². The maximum atomic E-state index is 3.96. The quantitative estimate of drug-likeness (QED) is 0.510. The van der Waals surface area contributed by atoms with Crippen molar-refractivity contribution >= 4 is 11.8 Å². The number of allylic oxidation sites excluding steroid dienone is 5. The van der Waals surface area contributed by atoms with Crippen LogP contribution in [-0.4, -0.2) is 0 Å². The van der Waals surface area contributed by atoms with Crippen molar-refractivity contribution in [1.29, 1.82) is 0 Å². The fourth-order valence-corrected chi connectivity index (χ4v) is 1.72. The Morgan fingerprint density at radius 1 is 1.07 bits per heavy atom. The first kappa shape index (κ1) is 11.6. The molecule has 0 atom stereocenters. The number of rotatable bonds is 5. The second-order valence-electron chi connectivity index (χ2n) is 2.86. The third kappa shape index (κ3) is 5.08. The van der Waals surface area contributed by atoms with Crippen molar-refractivity contribution in [2.24, 2.45) is 0 Å². The van der Waals surface area contributed by atoms with E-state index in [-0.39, 0.29) is 0 Å². The van der Waals surface area contributed by atoms with Gasteiger partial charge in [0.25, 0.3) is 0 Å². The molecule has 0 heterocycles. The van der Waals surface area contributed by atoms with Gasteiger partial charge in [-0.15, -0.1) is 0 Å². The highest BCUT2D eigenvalue weighted by atomic mass is 32.2. The predicted molar refractivity (Wildman–Crippen MR) is 69.9 cm³/mol. The summed E-state index contributed by atoms with van der Waals surface area (Å²) in [6.45, 7) is 7.56. The van der Waals surface area contributed by atoms with E-state index in [1.54, 1.807) is 17.8 Å². The number of thioether (sulfide) groups is 1. The molecule has 0 aliphatic rings. The minimum absolute atomic E-state index is 1.02.